The van der Waals surface area contributed by atoms with Gasteiger partial charge in [0, 0.05) is 17.7 Å². The van der Waals surface area contributed by atoms with Crippen molar-refractivity contribution in [3.05, 3.63) is 59.7 Å². The minimum Gasteiger partial charge on any atom is -0.496 e. The molecule has 2 aromatic carbocycles. The number of para-hydroxylation sites is 1. The molecule has 117 valence electrons. The van der Waals surface area contributed by atoms with Crippen LogP contribution in [0.3, 0.4) is 0 Å². The summed E-state index contributed by atoms with van der Waals surface area (Å²) in [5, 5.41) is 3.07. The number of amidine groups is 1. The molecule has 6 nitrogen and oxygen atoms in total. The maximum Gasteiger partial charge on any atom is 0.291 e. The summed E-state index contributed by atoms with van der Waals surface area (Å²) in [6.07, 6.45) is -0.875. The Kier molecular flexibility index (Phi) is 4.14. The lowest BCUT2D eigenvalue weighted by molar-refractivity contribution is -0.125. The first-order valence-electron chi connectivity index (χ1n) is 7.09. The number of nitrogens with two attached hydrogens (primary N) is 1. The molecule has 2 aromatic rings. The predicted molar refractivity (Wildman–Crippen MR) is 85.2 cm³/mol. The van der Waals surface area contributed by atoms with Crippen LogP contribution in [0.15, 0.2) is 47.5 Å². The van der Waals surface area contributed by atoms with Crippen LogP contribution < -0.4 is 15.8 Å². The third-order valence-corrected chi connectivity index (χ3v) is 3.49. The van der Waals surface area contributed by atoms with Crippen molar-refractivity contribution in [1.82, 2.24) is 5.32 Å². The van der Waals surface area contributed by atoms with Crippen molar-refractivity contribution in [3.63, 3.8) is 0 Å². The maximum absolute atomic E-state index is 11.6. The molecule has 1 aliphatic heterocycles. The first-order chi connectivity index (χ1) is 11.2. The van der Waals surface area contributed by atoms with Crippen LogP contribution in [0, 0.1) is 6.07 Å². The summed E-state index contributed by atoms with van der Waals surface area (Å²) in [6, 6.07) is 15.9. The van der Waals surface area contributed by atoms with E-state index in [1.54, 1.807) is 25.3 Å². The van der Waals surface area contributed by atoms with Gasteiger partial charge in [-0.25, -0.2) is 0 Å². The summed E-state index contributed by atoms with van der Waals surface area (Å²) in [4.78, 5) is 16.0. The molecule has 1 heterocycles. The number of nitrogens with zero attached hydrogens (tertiary/aromatic N) is 1. The zero-order chi connectivity index (χ0) is 16.2. The highest BCUT2D eigenvalue weighted by Crippen LogP contribution is 2.31. The Bertz CT molecular complexity index is 758. The third-order valence-electron chi connectivity index (χ3n) is 3.49. The Balaban J connectivity index is 1.81. The van der Waals surface area contributed by atoms with E-state index in [-0.39, 0.29) is 6.02 Å². The molecule has 3 N–H and O–H groups in total. The number of hydrogen-bond donors (Lipinski definition) is 2. The molecule has 3 rings (SSSR count). The van der Waals surface area contributed by atoms with E-state index in [0.29, 0.717) is 17.8 Å². The lowest BCUT2D eigenvalue weighted by Gasteiger charge is -2.24. The van der Waals surface area contributed by atoms with E-state index in [1.165, 1.54) is 0 Å². The first kappa shape index (κ1) is 14.9. The normalized spacial score (nSPS) is 15.9. The molecular formula is C17H16N3O3. The lowest BCUT2D eigenvalue weighted by atomic mass is 10.1. The topological polar surface area (TPSA) is 85.9 Å². The molecule has 1 aliphatic rings. The average molecular weight is 310 g/mol. The Morgan fingerprint density at radius 3 is 3.04 bits per heavy atom. The van der Waals surface area contributed by atoms with Gasteiger partial charge in [-0.05, 0) is 24.3 Å². The molecule has 1 atom stereocenters. The van der Waals surface area contributed by atoms with Gasteiger partial charge >= 0.3 is 0 Å². The second kappa shape index (κ2) is 6.39. The molecule has 23 heavy (non-hydrogen) atoms. The minimum absolute atomic E-state index is 0.249. The molecule has 0 aromatic heterocycles. The Hall–Kier alpha value is -3.02. The van der Waals surface area contributed by atoms with Crippen molar-refractivity contribution in [2.75, 3.05) is 7.11 Å². The molecule has 0 spiro atoms. The van der Waals surface area contributed by atoms with Crippen molar-refractivity contribution in [1.29, 1.82) is 0 Å². The van der Waals surface area contributed by atoms with E-state index >= 15 is 0 Å². The molecule has 1 amide bonds. The number of hydrogen-bond acceptors (Lipinski definition) is 5. The molecular weight excluding hydrogens is 294 g/mol. The summed E-state index contributed by atoms with van der Waals surface area (Å²) in [7, 11) is 1.61. The van der Waals surface area contributed by atoms with Gasteiger partial charge in [0.05, 0.1) is 12.8 Å². The highest BCUT2D eigenvalue weighted by Gasteiger charge is 2.28. The summed E-state index contributed by atoms with van der Waals surface area (Å²) < 4.78 is 10.9. The largest absolute Gasteiger partial charge is 0.496 e. The summed E-state index contributed by atoms with van der Waals surface area (Å²) in [5.41, 5.74) is 7.62. The van der Waals surface area contributed by atoms with Crippen molar-refractivity contribution in [2.45, 2.75) is 12.6 Å². The van der Waals surface area contributed by atoms with Crippen LogP contribution in [0.5, 0.6) is 5.75 Å². The van der Waals surface area contributed by atoms with Crippen LogP contribution in [0.4, 0.5) is 5.69 Å². The molecule has 0 aliphatic carbocycles. The van der Waals surface area contributed by atoms with Gasteiger partial charge in [-0.1, -0.05) is 24.3 Å². The number of methoxy groups -OCH3 is 1. The lowest BCUT2D eigenvalue weighted by Crippen LogP contribution is -2.34. The predicted octanol–water partition coefficient (Wildman–Crippen LogP) is 1.83. The fourth-order valence-corrected chi connectivity index (χ4v) is 2.37. The minimum atomic E-state index is -0.875. The third kappa shape index (κ3) is 3.11. The number of amides is 1. The van der Waals surface area contributed by atoms with Crippen molar-refractivity contribution >= 4 is 17.6 Å². The summed E-state index contributed by atoms with van der Waals surface area (Å²) >= 11 is 0. The Labute approximate surface area is 133 Å². The summed E-state index contributed by atoms with van der Waals surface area (Å²) in [5.74, 6) is 0.190. The first-order valence-corrected chi connectivity index (χ1v) is 7.09. The zero-order valence-electron chi connectivity index (χ0n) is 12.6. The monoisotopic (exact) mass is 310 g/mol. The quantitative estimate of drug-likeness (QED) is 0.902. The highest BCUT2D eigenvalue weighted by atomic mass is 16.5. The number of carbonyl (C=O) groups excluding carboxylic acids is 1. The standard InChI is InChI=1S/C17H16N3O3/c1-22-14-9-5-2-6-11(14)10-19-17-20-13-8-4-3-7-12(13)15(23-17)16(18)21/h2,4-9,15H,10H2,1H3,(H2,18,21)(H,19,20). The number of nitrogens with one attached hydrogen (secondary N) is 1. The smallest absolute Gasteiger partial charge is 0.291 e. The van der Waals surface area contributed by atoms with Crippen LogP contribution in [0.1, 0.15) is 17.2 Å². The molecule has 0 fully saturated rings. The van der Waals surface area contributed by atoms with Gasteiger partial charge in [0.1, 0.15) is 5.75 Å². The number of carbonyl (C=O) groups is 1. The SMILES string of the molecule is COc1ccccc1CNC1=Nc2cc[c]cc2C(C(N)=O)O1. The average Bonchev–Trinajstić information content (AvgIpc) is 2.59. The van der Waals surface area contributed by atoms with Crippen LogP contribution in [-0.2, 0) is 16.1 Å². The maximum atomic E-state index is 11.6. The Morgan fingerprint density at radius 1 is 1.43 bits per heavy atom. The number of primary amides is 1. The van der Waals surface area contributed by atoms with Crippen molar-refractivity contribution in [2.24, 2.45) is 10.7 Å². The molecule has 1 unspecified atom stereocenters. The number of aliphatic imine (C=N–C) groups is 1. The van der Waals surface area contributed by atoms with Gasteiger partial charge < -0.3 is 20.5 Å². The van der Waals surface area contributed by atoms with Crippen LogP contribution >= 0.6 is 0 Å². The van der Waals surface area contributed by atoms with Gasteiger partial charge in [0.2, 0.25) is 6.10 Å². The van der Waals surface area contributed by atoms with Crippen molar-refractivity contribution < 1.29 is 14.3 Å². The van der Waals surface area contributed by atoms with Crippen LogP contribution in [-0.4, -0.2) is 19.0 Å². The highest BCUT2D eigenvalue weighted by molar-refractivity contribution is 5.89. The van der Waals surface area contributed by atoms with E-state index in [4.69, 9.17) is 15.2 Å². The fraction of sp³-hybridized carbons (Fsp3) is 0.176. The van der Waals surface area contributed by atoms with Crippen LogP contribution in [0.2, 0.25) is 0 Å². The number of benzene rings is 2. The van der Waals surface area contributed by atoms with E-state index in [0.717, 1.165) is 11.3 Å². The van der Waals surface area contributed by atoms with E-state index in [9.17, 15) is 4.79 Å². The van der Waals surface area contributed by atoms with Gasteiger partial charge in [-0.3, -0.25) is 4.79 Å². The van der Waals surface area contributed by atoms with Gasteiger partial charge in [0.25, 0.3) is 11.9 Å². The number of rotatable bonds is 4. The van der Waals surface area contributed by atoms with Gasteiger partial charge in [-0.2, -0.15) is 4.99 Å². The van der Waals surface area contributed by atoms with E-state index < -0.39 is 12.0 Å². The molecule has 0 bridgehead atoms. The van der Waals surface area contributed by atoms with E-state index in [1.807, 2.05) is 24.3 Å². The van der Waals surface area contributed by atoms with Gasteiger partial charge in [0.15, 0.2) is 0 Å². The zero-order valence-corrected chi connectivity index (χ0v) is 12.6. The van der Waals surface area contributed by atoms with Crippen molar-refractivity contribution in [3.8, 4) is 5.75 Å². The molecule has 6 heteroatoms. The molecule has 1 radical (unpaired) electrons. The molecule has 0 saturated heterocycles. The second-order valence-electron chi connectivity index (χ2n) is 4.97. The second-order valence-corrected chi connectivity index (χ2v) is 4.97. The molecule has 0 saturated carbocycles. The number of ether oxygens (including phenoxy) is 2. The number of fused-ring (bicyclic) bond motifs is 1. The Morgan fingerprint density at radius 2 is 2.26 bits per heavy atom. The summed E-state index contributed by atoms with van der Waals surface area (Å²) in [6.45, 7) is 0.447. The van der Waals surface area contributed by atoms with E-state index in [2.05, 4.69) is 16.4 Å². The van der Waals surface area contributed by atoms with Gasteiger partial charge in [-0.15, -0.1) is 0 Å². The van der Waals surface area contributed by atoms with Crippen LogP contribution in [0.25, 0.3) is 0 Å². The fourth-order valence-electron chi connectivity index (χ4n) is 2.37.